The van der Waals surface area contributed by atoms with E-state index in [0.717, 1.165) is 38.2 Å². The summed E-state index contributed by atoms with van der Waals surface area (Å²) < 4.78 is 1.89. The maximum atomic E-state index is 13.3. The predicted molar refractivity (Wildman–Crippen MR) is 139 cm³/mol. The van der Waals surface area contributed by atoms with E-state index >= 15 is 0 Å². The van der Waals surface area contributed by atoms with Crippen molar-refractivity contribution in [3.05, 3.63) is 68.7 Å². The van der Waals surface area contributed by atoms with Gasteiger partial charge >= 0.3 is 0 Å². The number of anilines is 1. The molecule has 0 saturated heterocycles. The van der Waals surface area contributed by atoms with E-state index in [9.17, 15) is 20.2 Å². The van der Waals surface area contributed by atoms with E-state index in [1.807, 2.05) is 28.8 Å². The van der Waals surface area contributed by atoms with Crippen molar-refractivity contribution in [1.29, 1.82) is 5.26 Å². The number of fused-ring (bicyclic) bond motifs is 2. The largest absolute Gasteiger partial charge is 0.307 e. The lowest BCUT2D eigenvalue weighted by atomic mass is 10.1. The van der Waals surface area contributed by atoms with E-state index in [2.05, 4.69) is 25.2 Å². The Morgan fingerprint density at radius 1 is 1.19 bits per heavy atom. The molecular formula is C26H25ClN6O3. The molecule has 0 spiro atoms. The molecule has 0 aliphatic rings. The zero-order valence-corrected chi connectivity index (χ0v) is 20.7. The first-order chi connectivity index (χ1) is 17.4. The number of hydrogen-bond acceptors (Lipinski definition) is 6. The summed E-state index contributed by atoms with van der Waals surface area (Å²) in [5, 5.41) is 24.2. The zero-order chi connectivity index (χ0) is 25.8. The van der Waals surface area contributed by atoms with Crippen molar-refractivity contribution in [3.8, 4) is 6.07 Å². The van der Waals surface area contributed by atoms with Crippen molar-refractivity contribution >= 4 is 51.2 Å². The summed E-state index contributed by atoms with van der Waals surface area (Å²) in [5.41, 5.74) is 2.14. The van der Waals surface area contributed by atoms with Crippen LogP contribution in [0, 0.1) is 21.4 Å². The Bertz CT molecular complexity index is 1510. The minimum atomic E-state index is -0.642. The van der Waals surface area contributed by atoms with Crippen LogP contribution in [0.1, 0.15) is 67.9 Å². The summed E-state index contributed by atoms with van der Waals surface area (Å²) in [6.45, 7) is 4.19. The predicted octanol–water partition coefficient (Wildman–Crippen LogP) is 6.80. The molecule has 1 N–H and O–H groups in total. The number of carbonyl (C=O) groups is 1. The van der Waals surface area contributed by atoms with Crippen molar-refractivity contribution in [2.75, 3.05) is 5.32 Å². The van der Waals surface area contributed by atoms with E-state index in [4.69, 9.17) is 21.6 Å². The number of carbonyl (C=O) groups excluding carboxylic acids is 1. The van der Waals surface area contributed by atoms with Gasteiger partial charge in [-0.05, 0) is 37.1 Å². The van der Waals surface area contributed by atoms with Crippen LogP contribution in [0.25, 0.3) is 22.2 Å². The quantitative estimate of drug-likeness (QED) is 0.152. The Kier molecular flexibility index (Phi) is 7.46. The maximum Gasteiger partial charge on any atom is 0.288 e. The van der Waals surface area contributed by atoms with Crippen molar-refractivity contribution < 1.29 is 9.72 Å². The van der Waals surface area contributed by atoms with Gasteiger partial charge in [0.15, 0.2) is 5.65 Å². The number of para-hydroxylation sites is 2. The number of amides is 1. The minimum Gasteiger partial charge on any atom is -0.307 e. The molecule has 0 saturated carbocycles. The fourth-order valence-corrected chi connectivity index (χ4v) is 4.55. The fourth-order valence-electron chi connectivity index (χ4n) is 4.37. The Balaban J connectivity index is 1.89. The van der Waals surface area contributed by atoms with E-state index in [1.165, 1.54) is 12.1 Å². The Morgan fingerprint density at radius 3 is 2.56 bits per heavy atom. The van der Waals surface area contributed by atoms with Gasteiger partial charge in [-0.25, -0.2) is 9.97 Å². The second kappa shape index (κ2) is 10.7. The van der Waals surface area contributed by atoms with Crippen LogP contribution in [0.2, 0.25) is 5.02 Å². The van der Waals surface area contributed by atoms with Gasteiger partial charge in [-0.1, -0.05) is 56.8 Å². The molecule has 1 amide bonds. The number of unbranched alkanes of at least 4 members (excludes halogenated alkanes) is 2. The summed E-state index contributed by atoms with van der Waals surface area (Å²) in [7, 11) is 0. The van der Waals surface area contributed by atoms with Crippen molar-refractivity contribution in [3.63, 3.8) is 0 Å². The van der Waals surface area contributed by atoms with Crippen LogP contribution in [0.4, 0.5) is 11.5 Å². The number of nitrogens with zero attached hydrogens (tertiary/aromatic N) is 5. The topological polar surface area (TPSA) is 127 Å². The standard InChI is InChI=1S/C26H25ClN6O3/c1-3-5-6-9-17(4-2)32-24(31-26(34)16-12-13-19(27)22(14-16)33(35)36)18(15-28)23-25(32)30-21-11-8-7-10-20(21)29-23/h7-8,10-14,17H,3-6,9H2,1-2H3,(H,31,34)/t17-/m0/s1. The number of halogens is 1. The lowest BCUT2D eigenvalue weighted by Crippen LogP contribution is -2.19. The first-order valence-corrected chi connectivity index (χ1v) is 12.2. The van der Waals surface area contributed by atoms with Crippen molar-refractivity contribution in [2.24, 2.45) is 0 Å². The maximum absolute atomic E-state index is 13.3. The molecule has 0 radical (unpaired) electrons. The highest BCUT2D eigenvalue weighted by Gasteiger charge is 2.27. The van der Waals surface area contributed by atoms with E-state index < -0.39 is 10.8 Å². The average molecular weight is 505 g/mol. The molecule has 0 unspecified atom stereocenters. The third-order valence-electron chi connectivity index (χ3n) is 6.22. The minimum absolute atomic E-state index is 0.0357. The molecule has 9 nitrogen and oxygen atoms in total. The number of nitro groups is 1. The van der Waals surface area contributed by atoms with Crippen LogP contribution in [-0.4, -0.2) is 25.4 Å². The van der Waals surface area contributed by atoms with E-state index in [0.29, 0.717) is 22.2 Å². The molecule has 4 rings (SSSR count). The summed E-state index contributed by atoms with van der Waals surface area (Å²) in [4.78, 5) is 33.5. The third kappa shape index (κ3) is 4.72. The highest BCUT2D eigenvalue weighted by atomic mass is 35.5. The molecule has 10 heteroatoms. The molecule has 2 aromatic heterocycles. The lowest BCUT2D eigenvalue weighted by Gasteiger charge is -2.21. The number of nitrogens with one attached hydrogen (secondary N) is 1. The Morgan fingerprint density at radius 2 is 1.92 bits per heavy atom. The Labute approximate surface area is 212 Å². The zero-order valence-electron chi connectivity index (χ0n) is 20.0. The van der Waals surface area contributed by atoms with Gasteiger partial charge < -0.3 is 9.88 Å². The number of aromatic nitrogens is 3. The van der Waals surface area contributed by atoms with Crippen molar-refractivity contribution in [1.82, 2.24) is 14.5 Å². The van der Waals surface area contributed by atoms with Gasteiger partial charge in [-0.3, -0.25) is 14.9 Å². The molecule has 2 heterocycles. The second-order valence-electron chi connectivity index (χ2n) is 8.53. The van der Waals surface area contributed by atoms with Gasteiger partial charge in [-0.15, -0.1) is 0 Å². The summed E-state index contributed by atoms with van der Waals surface area (Å²) in [6.07, 6.45) is 4.69. The third-order valence-corrected chi connectivity index (χ3v) is 6.54. The highest BCUT2D eigenvalue weighted by molar-refractivity contribution is 6.32. The van der Waals surface area contributed by atoms with Gasteiger partial charge in [0.05, 0.1) is 16.0 Å². The lowest BCUT2D eigenvalue weighted by molar-refractivity contribution is -0.384. The molecule has 36 heavy (non-hydrogen) atoms. The molecule has 0 fully saturated rings. The molecule has 0 aliphatic carbocycles. The average Bonchev–Trinajstić information content (AvgIpc) is 3.16. The van der Waals surface area contributed by atoms with Gasteiger partial charge in [0.1, 0.15) is 28.0 Å². The molecular weight excluding hydrogens is 480 g/mol. The highest BCUT2D eigenvalue weighted by Crippen LogP contribution is 2.36. The first-order valence-electron chi connectivity index (χ1n) is 11.9. The van der Waals surface area contributed by atoms with Gasteiger partial charge in [0.25, 0.3) is 11.6 Å². The molecule has 4 aromatic rings. The monoisotopic (exact) mass is 504 g/mol. The van der Waals surface area contributed by atoms with Crippen LogP contribution < -0.4 is 5.32 Å². The normalized spacial score (nSPS) is 11.9. The summed E-state index contributed by atoms with van der Waals surface area (Å²) >= 11 is 5.92. The number of nitro benzene ring substituents is 1. The fraction of sp³-hybridized carbons (Fsp3) is 0.308. The van der Waals surface area contributed by atoms with Crippen LogP contribution in [0.15, 0.2) is 42.5 Å². The number of hydrogen-bond donors (Lipinski definition) is 1. The SMILES string of the molecule is CCCCC[C@H](CC)n1c(NC(=O)c2ccc(Cl)c([N+](=O)[O-])c2)c(C#N)c2nc3ccccc3nc21. The Hall–Kier alpha value is -4.03. The smallest absolute Gasteiger partial charge is 0.288 e. The number of benzene rings is 2. The van der Waals surface area contributed by atoms with Crippen LogP contribution >= 0.6 is 11.6 Å². The summed E-state index contributed by atoms with van der Waals surface area (Å²) in [6, 6.07) is 13.4. The van der Waals surface area contributed by atoms with Gasteiger partial charge in [-0.2, -0.15) is 5.26 Å². The number of nitriles is 1. The van der Waals surface area contributed by atoms with Gasteiger partial charge in [0.2, 0.25) is 0 Å². The second-order valence-corrected chi connectivity index (χ2v) is 8.93. The summed E-state index contributed by atoms with van der Waals surface area (Å²) in [5.74, 6) is -0.308. The first kappa shape index (κ1) is 25.1. The van der Waals surface area contributed by atoms with E-state index in [-0.39, 0.29) is 33.7 Å². The van der Waals surface area contributed by atoms with Crippen molar-refractivity contribution in [2.45, 2.75) is 52.0 Å². The van der Waals surface area contributed by atoms with Crippen LogP contribution in [0.3, 0.4) is 0 Å². The van der Waals surface area contributed by atoms with Crippen LogP contribution in [0.5, 0.6) is 0 Å². The molecule has 0 aliphatic heterocycles. The van der Waals surface area contributed by atoms with Gasteiger partial charge in [0, 0.05) is 17.7 Å². The van der Waals surface area contributed by atoms with E-state index in [1.54, 1.807) is 0 Å². The molecule has 2 aromatic carbocycles. The molecule has 184 valence electrons. The van der Waals surface area contributed by atoms with Crippen LogP contribution in [-0.2, 0) is 0 Å². The molecule has 1 atom stereocenters. The molecule has 0 bridgehead atoms. The number of rotatable bonds is 9.